The summed E-state index contributed by atoms with van der Waals surface area (Å²) in [6.45, 7) is 8.97. The van der Waals surface area contributed by atoms with E-state index in [0.717, 1.165) is 70.6 Å². The summed E-state index contributed by atoms with van der Waals surface area (Å²) < 4.78 is 0. The molecule has 1 aromatic heterocycles. The molecule has 0 unspecified atom stereocenters. The minimum atomic E-state index is -0.0449. The lowest BCUT2D eigenvalue weighted by molar-refractivity contribution is 0.102. The Balaban J connectivity index is 1.84. The zero-order valence-electron chi connectivity index (χ0n) is 16.2. The fourth-order valence-corrected chi connectivity index (χ4v) is 3.83. The number of pyridine rings is 1. The molecule has 0 fully saturated rings. The van der Waals surface area contributed by atoms with E-state index in [1.807, 2.05) is 50.2 Å². The molecule has 0 saturated heterocycles. The second kappa shape index (κ2) is 7.12. The van der Waals surface area contributed by atoms with Gasteiger partial charge in [-0.3, -0.25) is 14.7 Å². The van der Waals surface area contributed by atoms with Gasteiger partial charge >= 0.3 is 0 Å². The van der Waals surface area contributed by atoms with Crippen LogP contribution in [0.2, 0.25) is 0 Å². The fourth-order valence-electron chi connectivity index (χ4n) is 3.83. The number of para-hydroxylation sites is 1. The van der Waals surface area contributed by atoms with Gasteiger partial charge in [0.15, 0.2) is 0 Å². The molecule has 0 saturated carbocycles. The summed E-state index contributed by atoms with van der Waals surface area (Å²) in [6, 6.07) is 14.1. The summed E-state index contributed by atoms with van der Waals surface area (Å²) in [6.07, 6.45) is 0.887. The van der Waals surface area contributed by atoms with Crippen LogP contribution < -0.4 is 5.32 Å². The average molecular weight is 359 g/mol. The van der Waals surface area contributed by atoms with Crippen molar-refractivity contribution in [1.82, 2.24) is 9.88 Å². The molecule has 3 aromatic rings. The maximum atomic E-state index is 13.4. The van der Waals surface area contributed by atoms with Gasteiger partial charge in [-0.1, -0.05) is 37.3 Å². The number of nitrogens with one attached hydrogen (secondary N) is 1. The SMILES string of the molecule is CCN1CCc2nc3ccccc3c(C(=O)Nc3cc(C)ccc3C)c2C1. The van der Waals surface area contributed by atoms with E-state index < -0.39 is 0 Å². The number of nitrogens with zero attached hydrogens (tertiary/aromatic N) is 2. The molecule has 4 rings (SSSR count). The minimum Gasteiger partial charge on any atom is -0.322 e. The molecule has 2 aromatic carbocycles. The van der Waals surface area contributed by atoms with E-state index in [1.54, 1.807) is 0 Å². The highest BCUT2D eigenvalue weighted by molar-refractivity contribution is 6.13. The van der Waals surface area contributed by atoms with Gasteiger partial charge in [-0.25, -0.2) is 0 Å². The van der Waals surface area contributed by atoms with Crippen molar-refractivity contribution in [2.24, 2.45) is 0 Å². The molecule has 1 N–H and O–H groups in total. The summed E-state index contributed by atoms with van der Waals surface area (Å²) in [4.78, 5) is 20.6. The third-order valence-corrected chi connectivity index (χ3v) is 5.44. The first-order chi connectivity index (χ1) is 13.1. The molecule has 2 heterocycles. The highest BCUT2D eigenvalue weighted by Gasteiger charge is 2.25. The molecule has 1 aliphatic rings. The van der Waals surface area contributed by atoms with E-state index in [0.29, 0.717) is 0 Å². The van der Waals surface area contributed by atoms with Gasteiger partial charge in [0, 0.05) is 41.8 Å². The number of fused-ring (bicyclic) bond motifs is 2. The first kappa shape index (κ1) is 17.7. The largest absolute Gasteiger partial charge is 0.322 e. The Morgan fingerprint density at radius 3 is 2.81 bits per heavy atom. The summed E-state index contributed by atoms with van der Waals surface area (Å²) in [7, 11) is 0. The van der Waals surface area contributed by atoms with E-state index in [2.05, 4.69) is 23.2 Å². The van der Waals surface area contributed by atoms with Crippen molar-refractivity contribution >= 4 is 22.5 Å². The Bertz CT molecular complexity index is 1030. The Kier molecular flexibility index (Phi) is 4.66. The maximum absolute atomic E-state index is 13.4. The lowest BCUT2D eigenvalue weighted by Crippen LogP contribution is -2.33. The Morgan fingerprint density at radius 2 is 2.00 bits per heavy atom. The van der Waals surface area contributed by atoms with Crippen LogP contribution in [0.1, 0.15) is 39.7 Å². The number of hydrogen-bond acceptors (Lipinski definition) is 3. The molecule has 138 valence electrons. The highest BCUT2D eigenvalue weighted by atomic mass is 16.1. The summed E-state index contributed by atoms with van der Waals surface area (Å²) in [5.74, 6) is -0.0449. The van der Waals surface area contributed by atoms with Gasteiger partial charge in [0.2, 0.25) is 0 Å². The van der Waals surface area contributed by atoms with Crippen LogP contribution in [0.5, 0.6) is 0 Å². The van der Waals surface area contributed by atoms with Crippen LogP contribution in [0.4, 0.5) is 5.69 Å². The van der Waals surface area contributed by atoms with Crippen molar-refractivity contribution < 1.29 is 4.79 Å². The van der Waals surface area contributed by atoms with Crippen molar-refractivity contribution in [3.63, 3.8) is 0 Å². The number of aromatic nitrogens is 1. The van der Waals surface area contributed by atoms with Crippen molar-refractivity contribution in [2.45, 2.75) is 33.7 Å². The van der Waals surface area contributed by atoms with Gasteiger partial charge in [0.1, 0.15) is 0 Å². The minimum absolute atomic E-state index is 0.0449. The molecule has 0 aliphatic carbocycles. The maximum Gasteiger partial charge on any atom is 0.256 e. The topological polar surface area (TPSA) is 45.2 Å². The first-order valence-corrected chi connectivity index (χ1v) is 9.58. The first-order valence-electron chi connectivity index (χ1n) is 9.58. The molecule has 0 radical (unpaired) electrons. The van der Waals surface area contributed by atoms with E-state index in [4.69, 9.17) is 4.98 Å². The number of rotatable bonds is 3. The van der Waals surface area contributed by atoms with Gasteiger partial charge in [-0.05, 0) is 43.7 Å². The number of carbonyl (C=O) groups is 1. The summed E-state index contributed by atoms with van der Waals surface area (Å²) in [5.41, 5.74) is 6.87. The number of likely N-dealkylation sites (N-methyl/N-ethyl adjacent to an activating group) is 1. The van der Waals surface area contributed by atoms with Gasteiger partial charge in [-0.2, -0.15) is 0 Å². The molecular weight excluding hydrogens is 334 g/mol. The van der Waals surface area contributed by atoms with Crippen LogP contribution in [-0.2, 0) is 13.0 Å². The van der Waals surface area contributed by atoms with E-state index in [-0.39, 0.29) is 5.91 Å². The molecule has 1 aliphatic heterocycles. The van der Waals surface area contributed by atoms with Crippen LogP contribution in [0, 0.1) is 13.8 Å². The second-order valence-corrected chi connectivity index (χ2v) is 7.32. The number of anilines is 1. The lowest BCUT2D eigenvalue weighted by atomic mass is 9.95. The summed E-state index contributed by atoms with van der Waals surface area (Å²) >= 11 is 0. The third-order valence-electron chi connectivity index (χ3n) is 5.44. The number of amides is 1. The normalized spacial score (nSPS) is 14.2. The van der Waals surface area contributed by atoms with Crippen LogP contribution in [0.25, 0.3) is 10.9 Å². The van der Waals surface area contributed by atoms with E-state index >= 15 is 0 Å². The van der Waals surface area contributed by atoms with Crippen LogP contribution in [0.15, 0.2) is 42.5 Å². The Labute approximate surface area is 160 Å². The predicted molar refractivity (Wildman–Crippen MR) is 110 cm³/mol. The van der Waals surface area contributed by atoms with Gasteiger partial charge in [0.25, 0.3) is 5.91 Å². The van der Waals surface area contributed by atoms with Gasteiger partial charge < -0.3 is 5.32 Å². The van der Waals surface area contributed by atoms with Crippen molar-refractivity contribution in [1.29, 1.82) is 0 Å². The summed E-state index contributed by atoms with van der Waals surface area (Å²) in [5, 5.41) is 4.08. The molecule has 0 atom stereocenters. The van der Waals surface area contributed by atoms with E-state index in [9.17, 15) is 4.79 Å². The van der Waals surface area contributed by atoms with Crippen molar-refractivity contribution in [3.8, 4) is 0 Å². The molecule has 0 spiro atoms. The highest BCUT2D eigenvalue weighted by Crippen LogP contribution is 2.29. The van der Waals surface area contributed by atoms with E-state index in [1.165, 1.54) is 0 Å². The Morgan fingerprint density at radius 1 is 1.19 bits per heavy atom. The number of hydrogen-bond donors (Lipinski definition) is 1. The monoisotopic (exact) mass is 359 g/mol. The fraction of sp³-hybridized carbons (Fsp3) is 0.304. The number of benzene rings is 2. The smallest absolute Gasteiger partial charge is 0.256 e. The number of aryl methyl sites for hydroxylation is 2. The zero-order valence-corrected chi connectivity index (χ0v) is 16.2. The van der Waals surface area contributed by atoms with Crippen molar-refractivity contribution in [2.75, 3.05) is 18.4 Å². The van der Waals surface area contributed by atoms with Gasteiger partial charge in [0.05, 0.1) is 11.1 Å². The Hall–Kier alpha value is -2.72. The van der Waals surface area contributed by atoms with Gasteiger partial charge in [-0.15, -0.1) is 0 Å². The lowest BCUT2D eigenvalue weighted by Gasteiger charge is -2.29. The predicted octanol–water partition coefficient (Wildman–Crippen LogP) is 4.48. The molecule has 4 nitrogen and oxygen atoms in total. The molecular formula is C23H25N3O. The quantitative estimate of drug-likeness (QED) is 0.750. The number of carbonyl (C=O) groups excluding carboxylic acids is 1. The van der Waals surface area contributed by atoms with Crippen LogP contribution in [0.3, 0.4) is 0 Å². The van der Waals surface area contributed by atoms with Crippen LogP contribution in [-0.4, -0.2) is 28.9 Å². The molecule has 27 heavy (non-hydrogen) atoms. The molecule has 1 amide bonds. The molecule has 0 bridgehead atoms. The molecule has 4 heteroatoms. The van der Waals surface area contributed by atoms with Crippen LogP contribution >= 0.6 is 0 Å². The second-order valence-electron chi connectivity index (χ2n) is 7.32. The van der Waals surface area contributed by atoms with Crippen molar-refractivity contribution in [3.05, 3.63) is 70.4 Å². The standard InChI is InChI=1S/C23H25N3O/c1-4-26-12-11-20-18(14-26)22(17-7-5-6-8-19(17)24-20)23(27)25-21-13-15(2)9-10-16(21)3/h5-10,13H,4,11-12,14H2,1-3H3,(H,25,27). The average Bonchev–Trinajstić information content (AvgIpc) is 2.68. The third kappa shape index (κ3) is 3.33. The zero-order chi connectivity index (χ0) is 19.0.